The maximum Gasteiger partial charge on any atom is 0.242 e. The highest BCUT2D eigenvalue weighted by Gasteiger charge is 2.24. The topological polar surface area (TPSA) is 85.8 Å². The summed E-state index contributed by atoms with van der Waals surface area (Å²) in [5, 5.41) is 10.2. The summed E-state index contributed by atoms with van der Waals surface area (Å²) in [7, 11) is 0. The Morgan fingerprint density at radius 1 is 1.17 bits per heavy atom. The predicted molar refractivity (Wildman–Crippen MR) is 90.2 cm³/mol. The van der Waals surface area contributed by atoms with Crippen molar-refractivity contribution < 1.29 is 9.18 Å². The quantitative estimate of drug-likeness (QED) is 0.549. The lowest BCUT2D eigenvalue weighted by atomic mass is 10.1. The van der Waals surface area contributed by atoms with Gasteiger partial charge in [-0.2, -0.15) is 0 Å². The van der Waals surface area contributed by atoms with Crippen LogP contribution in [0.4, 0.5) is 10.1 Å². The van der Waals surface area contributed by atoms with Crippen LogP contribution >= 0.6 is 11.8 Å². The van der Waals surface area contributed by atoms with Gasteiger partial charge in [-0.15, -0.1) is 10.2 Å². The minimum absolute atomic E-state index is 0.263. The molecule has 0 spiro atoms. The largest absolute Gasteiger partial charge is 0.336 e. The summed E-state index contributed by atoms with van der Waals surface area (Å²) in [6.45, 7) is 0. The molecule has 0 fully saturated rings. The third kappa shape index (κ3) is 3.72. The van der Waals surface area contributed by atoms with E-state index in [9.17, 15) is 9.18 Å². The highest BCUT2D eigenvalue weighted by atomic mass is 32.2. The van der Waals surface area contributed by atoms with Crippen molar-refractivity contribution >= 4 is 23.4 Å². The Hall–Kier alpha value is -2.87. The number of hydrogen-bond donors (Lipinski definition) is 2. The number of rotatable bonds is 5. The molecule has 0 aliphatic heterocycles. The first-order valence-corrected chi connectivity index (χ1v) is 7.94. The van der Waals surface area contributed by atoms with Gasteiger partial charge in [-0.3, -0.25) is 4.79 Å². The number of thioether (sulfide) groups is 1. The van der Waals surface area contributed by atoms with Gasteiger partial charge in [0.05, 0.1) is 0 Å². The van der Waals surface area contributed by atoms with Crippen LogP contribution in [0.15, 0.2) is 66.1 Å². The van der Waals surface area contributed by atoms with Gasteiger partial charge in [-0.25, -0.2) is 9.07 Å². The summed E-state index contributed by atoms with van der Waals surface area (Å²) in [5.74, 6) is 5.11. The molecule has 24 heavy (non-hydrogen) atoms. The number of nitrogens with two attached hydrogens (primary N) is 1. The van der Waals surface area contributed by atoms with E-state index in [1.165, 1.54) is 47.0 Å². The molecule has 0 saturated heterocycles. The van der Waals surface area contributed by atoms with E-state index in [-0.39, 0.29) is 11.7 Å². The Morgan fingerprint density at radius 3 is 2.50 bits per heavy atom. The van der Waals surface area contributed by atoms with E-state index >= 15 is 0 Å². The van der Waals surface area contributed by atoms with Crippen LogP contribution in [0.1, 0.15) is 10.8 Å². The molecule has 3 aromatic rings. The number of anilines is 1. The molecule has 3 rings (SSSR count). The molecular weight excluding hydrogens is 329 g/mol. The summed E-state index contributed by atoms with van der Waals surface area (Å²) < 4.78 is 14.3. The second-order valence-corrected chi connectivity index (χ2v) is 6.00. The lowest BCUT2D eigenvalue weighted by molar-refractivity contribution is -0.115. The standard InChI is InChI=1S/C16H14FN5OS/c17-12-6-8-13(9-7-12)20-15(23)14(11-4-2-1-3-5-11)24-16-21-19-10-22(16)18/h1-10,14H,18H2,(H,20,23)/t14-/m0/s1. The number of hydrogen-bond acceptors (Lipinski definition) is 5. The normalized spacial score (nSPS) is 11.9. The van der Waals surface area contributed by atoms with Gasteiger partial charge in [0, 0.05) is 5.69 Å². The molecular formula is C16H14FN5OS. The zero-order chi connectivity index (χ0) is 16.9. The molecule has 0 bridgehead atoms. The third-order valence-electron chi connectivity index (χ3n) is 3.22. The summed E-state index contributed by atoms with van der Waals surface area (Å²) in [5.41, 5.74) is 1.31. The monoisotopic (exact) mass is 343 g/mol. The van der Waals surface area contributed by atoms with E-state index in [4.69, 9.17) is 5.84 Å². The number of nitrogens with one attached hydrogen (secondary N) is 1. The summed E-state index contributed by atoms with van der Waals surface area (Å²) in [4.78, 5) is 12.7. The van der Waals surface area contributed by atoms with Crippen molar-refractivity contribution in [2.45, 2.75) is 10.4 Å². The van der Waals surface area contributed by atoms with E-state index in [1.807, 2.05) is 30.3 Å². The summed E-state index contributed by atoms with van der Waals surface area (Å²) >= 11 is 1.18. The van der Waals surface area contributed by atoms with Gasteiger partial charge >= 0.3 is 0 Å². The van der Waals surface area contributed by atoms with Crippen molar-refractivity contribution in [3.8, 4) is 0 Å². The lowest BCUT2D eigenvalue weighted by Gasteiger charge is -2.16. The number of amides is 1. The van der Waals surface area contributed by atoms with Crippen LogP contribution < -0.4 is 11.2 Å². The molecule has 0 radical (unpaired) electrons. The molecule has 3 N–H and O–H groups in total. The fourth-order valence-electron chi connectivity index (χ4n) is 2.06. The molecule has 1 heterocycles. The van der Waals surface area contributed by atoms with Gasteiger partial charge in [-0.1, -0.05) is 42.1 Å². The first-order valence-electron chi connectivity index (χ1n) is 7.06. The average Bonchev–Trinajstić information content (AvgIpc) is 3.00. The van der Waals surface area contributed by atoms with Crippen molar-refractivity contribution in [1.29, 1.82) is 0 Å². The second kappa shape index (κ2) is 7.14. The molecule has 8 heteroatoms. The van der Waals surface area contributed by atoms with Crippen molar-refractivity contribution in [2.75, 3.05) is 11.2 Å². The predicted octanol–water partition coefficient (Wildman–Crippen LogP) is 2.60. The minimum Gasteiger partial charge on any atom is -0.336 e. The summed E-state index contributed by atoms with van der Waals surface area (Å²) in [6, 6.07) is 14.8. The molecule has 6 nitrogen and oxygen atoms in total. The molecule has 1 amide bonds. The van der Waals surface area contributed by atoms with Crippen molar-refractivity contribution in [3.05, 3.63) is 72.3 Å². The van der Waals surface area contributed by atoms with Crippen molar-refractivity contribution in [3.63, 3.8) is 0 Å². The number of nitrogen functional groups attached to an aromatic ring is 1. The molecule has 0 saturated carbocycles. The van der Waals surface area contributed by atoms with Gasteiger partial charge < -0.3 is 11.2 Å². The molecule has 1 aromatic heterocycles. The molecule has 0 aliphatic rings. The van der Waals surface area contributed by atoms with Crippen LogP contribution in [-0.2, 0) is 4.79 Å². The lowest BCUT2D eigenvalue weighted by Crippen LogP contribution is -2.20. The van der Waals surface area contributed by atoms with Crippen LogP contribution in [0.25, 0.3) is 0 Å². The average molecular weight is 343 g/mol. The van der Waals surface area contributed by atoms with Gasteiger partial charge in [0.1, 0.15) is 17.4 Å². The second-order valence-electron chi connectivity index (χ2n) is 4.93. The fraction of sp³-hybridized carbons (Fsp3) is 0.0625. The molecule has 122 valence electrons. The van der Waals surface area contributed by atoms with Crippen molar-refractivity contribution in [2.24, 2.45) is 0 Å². The van der Waals surface area contributed by atoms with Crippen LogP contribution in [0.5, 0.6) is 0 Å². The van der Waals surface area contributed by atoms with E-state index in [0.29, 0.717) is 10.8 Å². The van der Waals surface area contributed by atoms with Gasteiger partial charge in [0.2, 0.25) is 11.1 Å². The third-order valence-corrected chi connectivity index (χ3v) is 4.44. The van der Waals surface area contributed by atoms with E-state index < -0.39 is 5.25 Å². The van der Waals surface area contributed by atoms with E-state index in [0.717, 1.165) is 5.56 Å². The maximum atomic E-state index is 13.0. The number of nitrogens with zero attached hydrogens (tertiary/aromatic N) is 3. The Labute approximate surface area is 141 Å². The zero-order valence-electron chi connectivity index (χ0n) is 12.5. The Kier molecular flexibility index (Phi) is 4.76. The molecule has 0 aliphatic carbocycles. The van der Waals surface area contributed by atoms with Crippen LogP contribution in [0.2, 0.25) is 0 Å². The Bertz CT molecular complexity index is 822. The Balaban J connectivity index is 1.85. The first-order chi connectivity index (χ1) is 11.6. The zero-order valence-corrected chi connectivity index (χ0v) is 13.3. The molecule has 1 atom stereocenters. The molecule has 0 unspecified atom stereocenters. The highest BCUT2D eigenvalue weighted by Crippen LogP contribution is 2.34. The Morgan fingerprint density at radius 2 is 1.88 bits per heavy atom. The number of carbonyl (C=O) groups is 1. The van der Waals surface area contributed by atoms with Gasteiger partial charge in [-0.05, 0) is 29.8 Å². The van der Waals surface area contributed by atoms with Gasteiger partial charge in [0.25, 0.3) is 0 Å². The number of halogens is 1. The first kappa shape index (κ1) is 16.0. The van der Waals surface area contributed by atoms with Crippen LogP contribution in [0.3, 0.4) is 0 Å². The SMILES string of the molecule is Nn1cnnc1S[C@H](C(=O)Nc1ccc(F)cc1)c1ccccc1. The fourth-order valence-corrected chi connectivity index (χ4v) is 3.00. The highest BCUT2D eigenvalue weighted by molar-refractivity contribution is 8.00. The van der Waals surface area contributed by atoms with E-state index in [1.54, 1.807) is 0 Å². The van der Waals surface area contributed by atoms with Gasteiger partial charge in [0.15, 0.2) is 0 Å². The number of carbonyl (C=O) groups excluding carboxylic acids is 1. The smallest absolute Gasteiger partial charge is 0.242 e. The summed E-state index contributed by atoms with van der Waals surface area (Å²) in [6.07, 6.45) is 1.36. The van der Waals surface area contributed by atoms with Crippen molar-refractivity contribution in [1.82, 2.24) is 14.9 Å². The van der Waals surface area contributed by atoms with E-state index in [2.05, 4.69) is 15.5 Å². The molecule has 2 aromatic carbocycles. The van der Waals surface area contributed by atoms with Crippen LogP contribution in [-0.4, -0.2) is 20.8 Å². The number of aromatic nitrogens is 3. The maximum absolute atomic E-state index is 13.0. The minimum atomic E-state index is -0.581. The number of benzene rings is 2. The van der Waals surface area contributed by atoms with Crippen LogP contribution in [0, 0.1) is 5.82 Å².